The maximum Gasteiger partial charge on any atom is 0.259 e. The third-order valence-electron chi connectivity index (χ3n) is 5.44. The van der Waals surface area contributed by atoms with Gasteiger partial charge < -0.3 is 13.8 Å². The average molecular weight is 403 g/mol. The molecule has 152 valence electrons. The van der Waals surface area contributed by atoms with Crippen LogP contribution in [0.5, 0.6) is 0 Å². The molecule has 5 rings (SSSR count). The lowest BCUT2D eigenvalue weighted by Gasteiger charge is -2.34. The number of carbonyl (C=O) groups excluding carboxylic acids is 1. The maximum atomic E-state index is 13.4. The molecule has 8 nitrogen and oxygen atoms in total. The minimum Gasteiger partial charge on any atom is -0.463 e. The highest BCUT2D eigenvalue weighted by Crippen LogP contribution is 2.28. The van der Waals surface area contributed by atoms with Crippen LogP contribution < -0.4 is 0 Å². The van der Waals surface area contributed by atoms with Crippen LogP contribution in [0.4, 0.5) is 0 Å². The number of pyridine rings is 2. The second-order valence-electron chi connectivity index (χ2n) is 7.40. The molecule has 1 aliphatic rings. The number of rotatable bonds is 4. The molecule has 0 saturated carbocycles. The molecule has 5 heterocycles. The summed E-state index contributed by atoms with van der Waals surface area (Å²) < 4.78 is 10.8. The average Bonchev–Trinajstić information content (AvgIpc) is 3.44. The summed E-state index contributed by atoms with van der Waals surface area (Å²) in [5, 5.41) is 4.67. The van der Waals surface area contributed by atoms with Crippen molar-refractivity contribution in [1.82, 2.24) is 24.9 Å². The van der Waals surface area contributed by atoms with E-state index in [1.807, 2.05) is 42.4 Å². The number of piperazine rings is 1. The Labute approximate surface area is 173 Å². The van der Waals surface area contributed by atoms with Crippen LogP contribution in [0.25, 0.3) is 22.6 Å². The van der Waals surface area contributed by atoms with Gasteiger partial charge in [-0.15, -0.1) is 0 Å². The number of fused-ring (bicyclic) bond motifs is 1. The van der Waals surface area contributed by atoms with Crippen molar-refractivity contribution in [3.8, 4) is 11.5 Å². The summed E-state index contributed by atoms with van der Waals surface area (Å²) in [6, 6.07) is 9.42. The Morgan fingerprint density at radius 2 is 1.93 bits per heavy atom. The minimum atomic E-state index is -0.0370. The van der Waals surface area contributed by atoms with Crippen molar-refractivity contribution in [2.45, 2.75) is 13.5 Å². The zero-order valence-corrected chi connectivity index (χ0v) is 16.6. The normalized spacial score (nSPS) is 15.0. The zero-order valence-electron chi connectivity index (χ0n) is 16.6. The summed E-state index contributed by atoms with van der Waals surface area (Å²) in [6.45, 7) is 5.63. The highest BCUT2D eigenvalue weighted by Gasteiger charge is 2.26. The lowest BCUT2D eigenvalue weighted by Crippen LogP contribution is -2.48. The van der Waals surface area contributed by atoms with E-state index in [0.717, 1.165) is 19.6 Å². The second-order valence-corrected chi connectivity index (χ2v) is 7.40. The van der Waals surface area contributed by atoms with E-state index in [0.29, 0.717) is 46.9 Å². The van der Waals surface area contributed by atoms with Crippen molar-refractivity contribution in [1.29, 1.82) is 0 Å². The van der Waals surface area contributed by atoms with Crippen LogP contribution in [0, 0.1) is 6.92 Å². The minimum absolute atomic E-state index is 0.0370. The van der Waals surface area contributed by atoms with Crippen molar-refractivity contribution in [3.05, 3.63) is 65.8 Å². The number of hydrogen-bond acceptors (Lipinski definition) is 7. The van der Waals surface area contributed by atoms with Gasteiger partial charge in [0.05, 0.1) is 22.9 Å². The molecule has 0 spiro atoms. The highest BCUT2D eigenvalue weighted by molar-refractivity contribution is 6.06. The Morgan fingerprint density at radius 3 is 2.67 bits per heavy atom. The zero-order chi connectivity index (χ0) is 20.5. The number of carbonyl (C=O) groups is 1. The van der Waals surface area contributed by atoms with E-state index >= 15 is 0 Å². The maximum absolute atomic E-state index is 13.4. The van der Waals surface area contributed by atoms with E-state index in [4.69, 9.17) is 8.94 Å². The smallest absolute Gasteiger partial charge is 0.259 e. The van der Waals surface area contributed by atoms with Crippen LogP contribution in [0.15, 0.2) is 57.9 Å². The Kier molecular flexibility index (Phi) is 4.76. The fourth-order valence-corrected chi connectivity index (χ4v) is 3.84. The lowest BCUT2D eigenvalue weighted by atomic mass is 10.1. The molecule has 0 radical (unpaired) electrons. The third kappa shape index (κ3) is 3.46. The van der Waals surface area contributed by atoms with Crippen LogP contribution in [-0.2, 0) is 6.54 Å². The van der Waals surface area contributed by atoms with E-state index in [2.05, 4.69) is 20.0 Å². The summed E-state index contributed by atoms with van der Waals surface area (Å²) in [4.78, 5) is 26.2. The van der Waals surface area contributed by atoms with Crippen LogP contribution in [-0.4, -0.2) is 57.0 Å². The van der Waals surface area contributed by atoms with Gasteiger partial charge in [-0.3, -0.25) is 14.7 Å². The summed E-state index contributed by atoms with van der Waals surface area (Å²) in [5.41, 5.74) is 3.34. The lowest BCUT2D eigenvalue weighted by molar-refractivity contribution is 0.0630. The van der Waals surface area contributed by atoms with Gasteiger partial charge in [0.2, 0.25) is 0 Å². The summed E-state index contributed by atoms with van der Waals surface area (Å²) in [5.74, 6) is 0.548. The first-order chi connectivity index (χ1) is 14.7. The largest absolute Gasteiger partial charge is 0.463 e. The van der Waals surface area contributed by atoms with Crippen molar-refractivity contribution in [2.75, 3.05) is 26.2 Å². The fraction of sp³-hybridized carbons (Fsp3) is 0.273. The standard InChI is InChI=1S/C22H21N5O3/c1-15-20-17(13-18(19-3-2-12-29-19)24-21(20)30-25-15)22(28)27-10-8-26(9-11-27)14-16-4-6-23-7-5-16/h2-7,12-13H,8-11,14H2,1H3. The molecule has 0 bridgehead atoms. The van der Waals surface area contributed by atoms with Crippen molar-refractivity contribution < 1.29 is 13.7 Å². The number of aromatic nitrogens is 3. The van der Waals surface area contributed by atoms with Crippen LogP contribution in [0.3, 0.4) is 0 Å². The molecule has 8 heteroatoms. The van der Waals surface area contributed by atoms with E-state index in [9.17, 15) is 4.79 Å². The van der Waals surface area contributed by atoms with E-state index < -0.39 is 0 Å². The molecule has 1 amide bonds. The molecule has 1 aliphatic heterocycles. The number of aryl methyl sites for hydroxylation is 1. The highest BCUT2D eigenvalue weighted by atomic mass is 16.5. The fourth-order valence-electron chi connectivity index (χ4n) is 3.84. The topological polar surface area (TPSA) is 88.5 Å². The Balaban J connectivity index is 1.38. The Morgan fingerprint density at radius 1 is 1.13 bits per heavy atom. The van der Waals surface area contributed by atoms with E-state index in [1.165, 1.54) is 5.56 Å². The van der Waals surface area contributed by atoms with Crippen LogP contribution in [0.2, 0.25) is 0 Å². The predicted octanol–water partition coefficient (Wildman–Crippen LogP) is 3.14. The predicted molar refractivity (Wildman–Crippen MR) is 110 cm³/mol. The molecule has 0 N–H and O–H groups in total. The van der Waals surface area contributed by atoms with Gasteiger partial charge in [0, 0.05) is 45.1 Å². The molecule has 0 aromatic carbocycles. The quantitative estimate of drug-likeness (QED) is 0.517. The SMILES string of the molecule is Cc1noc2nc(-c3ccco3)cc(C(=O)N3CCN(Cc4ccncc4)CC3)c12. The summed E-state index contributed by atoms with van der Waals surface area (Å²) in [6.07, 6.45) is 5.19. The first-order valence-electron chi connectivity index (χ1n) is 9.90. The second kappa shape index (κ2) is 7.72. The molecular formula is C22H21N5O3. The molecule has 0 aliphatic carbocycles. The van der Waals surface area contributed by atoms with Gasteiger partial charge >= 0.3 is 0 Å². The molecule has 1 saturated heterocycles. The number of hydrogen-bond donors (Lipinski definition) is 0. The van der Waals surface area contributed by atoms with Gasteiger partial charge in [-0.25, -0.2) is 4.98 Å². The number of furan rings is 1. The van der Waals surface area contributed by atoms with Gasteiger partial charge in [-0.2, -0.15) is 0 Å². The van der Waals surface area contributed by atoms with Crippen LogP contribution >= 0.6 is 0 Å². The first kappa shape index (κ1) is 18.5. The van der Waals surface area contributed by atoms with Gasteiger partial charge in [-0.05, 0) is 42.8 Å². The summed E-state index contributed by atoms with van der Waals surface area (Å²) >= 11 is 0. The molecule has 4 aromatic heterocycles. The van der Waals surface area contributed by atoms with Crippen molar-refractivity contribution in [2.24, 2.45) is 0 Å². The first-order valence-corrected chi connectivity index (χ1v) is 9.90. The van der Waals surface area contributed by atoms with E-state index in [1.54, 1.807) is 18.4 Å². The van der Waals surface area contributed by atoms with Gasteiger partial charge in [0.1, 0.15) is 5.69 Å². The van der Waals surface area contributed by atoms with Crippen molar-refractivity contribution in [3.63, 3.8) is 0 Å². The monoisotopic (exact) mass is 403 g/mol. The Hall–Kier alpha value is -3.52. The molecule has 30 heavy (non-hydrogen) atoms. The summed E-state index contributed by atoms with van der Waals surface area (Å²) in [7, 11) is 0. The molecule has 4 aromatic rings. The molecule has 0 atom stereocenters. The Bertz CT molecular complexity index is 1160. The van der Waals surface area contributed by atoms with E-state index in [-0.39, 0.29) is 5.91 Å². The van der Waals surface area contributed by atoms with Gasteiger partial charge in [0.15, 0.2) is 5.76 Å². The third-order valence-corrected chi connectivity index (χ3v) is 5.44. The number of amides is 1. The molecular weight excluding hydrogens is 382 g/mol. The molecule has 0 unspecified atom stereocenters. The molecule has 1 fully saturated rings. The van der Waals surface area contributed by atoms with Crippen LogP contribution in [0.1, 0.15) is 21.6 Å². The van der Waals surface area contributed by atoms with Gasteiger partial charge in [0.25, 0.3) is 11.6 Å². The van der Waals surface area contributed by atoms with Crippen molar-refractivity contribution >= 4 is 17.0 Å². The number of nitrogens with zero attached hydrogens (tertiary/aromatic N) is 5. The van der Waals surface area contributed by atoms with Gasteiger partial charge in [-0.1, -0.05) is 5.16 Å².